The van der Waals surface area contributed by atoms with E-state index in [1.165, 1.54) is 0 Å². The van der Waals surface area contributed by atoms with Crippen LogP contribution in [0.3, 0.4) is 0 Å². The van der Waals surface area contributed by atoms with E-state index < -0.39 is 17.9 Å². The van der Waals surface area contributed by atoms with Gasteiger partial charge in [-0.2, -0.15) is 11.8 Å². The summed E-state index contributed by atoms with van der Waals surface area (Å²) in [5.41, 5.74) is 0. The summed E-state index contributed by atoms with van der Waals surface area (Å²) < 4.78 is 24.9. The molecular weight excluding hydrogens is 182 g/mol. The summed E-state index contributed by atoms with van der Waals surface area (Å²) in [6, 6.07) is 0. The maximum atomic E-state index is 12.4. The maximum absolute atomic E-state index is 12.4. The largest absolute Gasteiger partial charge is 0.393 e. The highest BCUT2D eigenvalue weighted by Crippen LogP contribution is 2.52. The molecule has 12 heavy (non-hydrogen) atoms. The van der Waals surface area contributed by atoms with Crippen molar-refractivity contribution in [3.05, 3.63) is 0 Å². The summed E-state index contributed by atoms with van der Waals surface area (Å²) in [7, 11) is 0. The number of halogens is 2. The first-order valence-corrected chi connectivity index (χ1v) is 5.39. The van der Waals surface area contributed by atoms with Gasteiger partial charge >= 0.3 is 0 Å². The number of aliphatic hydroxyl groups excluding tert-OH is 1. The minimum atomic E-state index is -2.46. The number of rotatable bonds is 3. The Kier molecular flexibility index (Phi) is 2.07. The zero-order valence-corrected chi connectivity index (χ0v) is 7.49. The van der Waals surface area contributed by atoms with Crippen LogP contribution in [0, 0.1) is 11.8 Å². The van der Waals surface area contributed by atoms with Crippen molar-refractivity contribution in [2.75, 3.05) is 11.5 Å². The van der Waals surface area contributed by atoms with Crippen molar-refractivity contribution in [3.8, 4) is 0 Å². The van der Waals surface area contributed by atoms with Gasteiger partial charge in [-0.1, -0.05) is 0 Å². The molecule has 2 fully saturated rings. The van der Waals surface area contributed by atoms with E-state index in [0.29, 0.717) is 6.42 Å². The van der Waals surface area contributed by atoms with Crippen molar-refractivity contribution in [3.63, 3.8) is 0 Å². The van der Waals surface area contributed by atoms with Gasteiger partial charge in [-0.3, -0.25) is 0 Å². The predicted octanol–water partition coefficient (Wildman–Crippen LogP) is 1.76. The third kappa shape index (κ3) is 1.59. The molecule has 0 aromatic heterocycles. The molecule has 0 radical (unpaired) electrons. The van der Waals surface area contributed by atoms with Crippen LogP contribution in [0.1, 0.15) is 12.8 Å². The van der Waals surface area contributed by atoms with Gasteiger partial charge in [0.05, 0.1) is 6.10 Å². The second-order valence-corrected chi connectivity index (χ2v) is 4.84. The summed E-state index contributed by atoms with van der Waals surface area (Å²) in [6.07, 6.45) is -0.188. The van der Waals surface area contributed by atoms with Crippen LogP contribution < -0.4 is 0 Å². The molecule has 70 valence electrons. The highest BCUT2D eigenvalue weighted by Gasteiger charge is 2.57. The van der Waals surface area contributed by atoms with Gasteiger partial charge in [0.15, 0.2) is 0 Å². The van der Waals surface area contributed by atoms with Crippen LogP contribution in [0.5, 0.6) is 0 Å². The molecule has 1 saturated heterocycles. The third-order valence-electron chi connectivity index (χ3n) is 2.69. The van der Waals surface area contributed by atoms with Crippen LogP contribution in [-0.4, -0.2) is 28.6 Å². The summed E-state index contributed by atoms with van der Waals surface area (Å²) in [4.78, 5) is 0. The van der Waals surface area contributed by atoms with Gasteiger partial charge in [0.2, 0.25) is 0 Å². The number of hydrogen-bond donors (Lipinski definition) is 1. The normalized spacial score (nSPS) is 35.8. The maximum Gasteiger partial charge on any atom is 0.251 e. The SMILES string of the molecule is OC(CC1CC1(F)F)C1CSC1. The van der Waals surface area contributed by atoms with Crippen molar-refractivity contribution in [1.82, 2.24) is 0 Å². The Morgan fingerprint density at radius 1 is 1.50 bits per heavy atom. The summed E-state index contributed by atoms with van der Waals surface area (Å²) in [6.45, 7) is 0. The van der Waals surface area contributed by atoms with Crippen LogP contribution in [0.25, 0.3) is 0 Å². The quantitative estimate of drug-likeness (QED) is 0.738. The minimum absolute atomic E-state index is 0.01000. The van der Waals surface area contributed by atoms with Crippen molar-refractivity contribution in [1.29, 1.82) is 0 Å². The van der Waals surface area contributed by atoms with Crippen LogP contribution in [0.4, 0.5) is 8.78 Å². The molecule has 2 aliphatic rings. The van der Waals surface area contributed by atoms with E-state index in [1.807, 2.05) is 0 Å². The predicted molar refractivity (Wildman–Crippen MR) is 44.5 cm³/mol. The average Bonchev–Trinajstić information content (AvgIpc) is 2.33. The lowest BCUT2D eigenvalue weighted by molar-refractivity contribution is 0.0621. The highest BCUT2D eigenvalue weighted by atomic mass is 32.2. The van der Waals surface area contributed by atoms with Gasteiger partial charge in [0.1, 0.15) is 0 Å². The molecule has 1 saturated carbocycles. The van der Waals surface area contributed by atoms with Crippen LogP contribution in [-0.2, 0) is 0 Å². The van der Waals surface area contributed by atoms with E-state index in [2.05, 4.69) is 0 Å². The van der Waals surface area contributed by atoms with E-state index in [4.69, 9.17) is 0 Å². The fourth-order valence-electron chi connectivity index (χ4n) is 1.49. The van der Waals surface area contributed by atoms with Crippen molar-refractivity contribution < 1.29 is 13.9 Å². The number of aliphatic hydroxyl groups is 1. The fraction of sp³-hybridized carbons (Fsp3) is 1.00. The molecule has 0 bridgehead atoms. The minimum Gasteiger partial charge on any atom is -0.393 e. The lowest BCUT2D eigenvalue weighted by atomic mass is 10.0. The molecule has 1 N–H and O–H groups in total. The Morgan fingerprint density at radius 3 is 2.42 bits per heavy atom. The van der Waals surface area contributed by atoms with Gasteiger partial charge in [-0.05, 0) is 17.9 Å². The molecular formula is C8H12F2OS. The van der Waals surface area contributed by atoms with Crippen molar-refractivity contribution in [2.24, 2.45) is 11.8 Å². The molecule has 2 rings (SSSR count). The van der Waals surface area contributed by atoms with Gasteiger partial charge < -0.3 is 5.11 Å². The monoisotopic (exact) mass is 194 g/mol. The average molecular weight is 194 g/mol. The first kappa shape index (κ1) is 8.75. The molecule has 0 amide bonds. The van der Waals surface area contributed by atoms with Crippen LogP contribution in [0.2, 0.25) is 0 Å². The number of alkyl halides is 2. The van der Waals surface area contributed by atoms with E-state index in [9.17, 15) is 13.9 Å². The lowest BCUT2D eigenvalue weighted by Crippen LogP contribution is -2.32. The standard InChI is InChI=1S/C8H12F2OS/c9-8(10)2-6(8)1-7(11)5-3-12-4-5/h5-7,11H,1-4H2. The fourth-order valence-corrected chi connectivity index (χ4v) is 2.44. The van der Waals surface area contributed by atoms with Gasteiger partial charge in [0, 0.05) is 18.3 Å². The Labute approximate surface area is 74.5 Å². The topological polar surface area (TPSA) is 20.2 Å². The zero-order chi connectivity index (χ0) is 8.77. The molecule has 0 aromatic carbocycles. The summed E-state index contributed by atoms with van der Waals surface area (Å²) >= 11 is 1.77. The number of hydrogen-bond acceptors (Lipinski definition) is 2. The van der Waals surface area contributed by atoms with E-state index in [0.717, 1.165) is 11.5 Å². The second-order valence-electron chi connectivity index (χ2n) is 3.76. The van der Waals surface area contributed by atoms with E-state index in [-0.39, 0.29) is 12.3 Å². The lowest BCUT2D eigenvalue weighted by Gasteiger charge is -2.29. The van der Waals surface area contributed by atoms with Crippen molar-refractivity contribution in [2.45, 2.75) is 24.9 Å². The Morgan fingerprint density at radius 2 is 2.08 bits per heavy atom. The Hall–Kier alpha value is 0.170. The van der Waals surface area contributed by atoms with Gasteiger partial charge in [-0.15, -0.1) is 0 Å². The van der Waals surface area contributed by atoms with Gasteiger partial charge in [-0.25, -0.2) is 8.78 Å². The summed E-state index contributed by atoms with van der Waals surface area (Å²) in [5.74, 6) is -0.818. The third-order valence-corrected chi connectivity index (χ3v) is 4.02. The molecule has 1 heterocycles. The molecule has 0 spiro atoms. The molecule has 1 aliphatic carbocycles. The first-order valence-electron chi connectivity index (χ1n) is 4.23. The van der Waals surface area contributed by atoms with Crippen LogP contribution in [0.15, 0.2) is 0 Å². The second kappa shape index (κ2) is 2.84. The molecule has 1 nitrogen and oxygen atoms in total. The molecule has 4 heteroatoms. The van der Waals surface area contributed by atoms with Crippen LogP contribution >= 0.6 is 11.8 Å². The van der Waals surface area contributed by atoms with E-state index >= 15 is 0 Å². The highest BCUT2D eigenvalue weighted by molar-refractivity contribution is 8.00. The zero-order valence-electron chi connectivity index (χ0n) is 6.67. The molecule has 2 atom stereocenters. The molecule has 2 unspecified atom stereocenters. The molecule has 1 aliphatic heterocycles. The van der Waals surface area contributed by atoms with E-state index in [1.54, 1.807) is 11.8 Å². The summed E-state index contributed by atoms with van der Waals surface area (Å²) in [5, 5.41) is 9.46. The van der Waals surface area contributed by atoms with Gasteiger partial charge in [0.25, 0.3) is 5.92 Å². The first-order chi connectivity index (χ1) is 5.59. The number of thioether (sulfide) groups is 1. The smallest absolute Gasteiger partial charge is 0.251 e. The Bertz CT molecular complexity index is 182. The van der Waals surface area contributed by atoms with Crippen molar-refractivity contribution >= 4 is 11.8 Å². The Balaban J connectivity index is 1.73. The molecule has 0 aromatic rings.